The number of carbonyl (C=O) groups excluding carboxylic acids is 2. The Bertz CT molecular complexity index is 1760. The van der Waals surface area contributed by atoms with Gasteiger partial charge in [-0.05, 0) is 66.3 Å². The molecule has 0 spiro atoms. The van der Waals surface area contributed by atoms with Crippen molar-refractivity contribution < 1.29 is 28.6 Å². The molecular formula is C39H46ClFN4O5S. The lowest BCUT2D eigenvalue weighted by Crippen LogP contribution is -2.43. The second-order valence-corrected chi connectivity index (χ2v) is 15.0. The Kier molecular flexibility index (Phi) is 13.0. The summed E-state index contributed by atoms with van der Waals surface area (Å²) >= 11 is 7.93. The van der Waals surface area contributed by atoms with Gasteiger partial charge >= 0.3 is 11.9 Å². The van der Waals surface area contributed by atoms with Gasteiger partial charge in [0.25, 0.3) is 0 Å². The van der Waals surface area contributed by atoms with E-state index in [0.29, 0.717) is 64.8 Å². The number of benzene rings is 2. The van der Waals surface area contributed by atoms with E-state index in [1.165, 1.54) is 30.6 Å². The fourth-order valence-electron chi connectivity index (χ4n) is 7.16. The van der Waals surface area contributed by atoms with E-state index in [-0.39, 0.29) is 22.4 Å². The van der Waals surface area contributed by atoms with Crippen LogP contribution in [0.25, 0.3) is 0 Å². The number of piperidine rings is 1. The summed E-state index contributed by atoms with van der Waals surface area (Å²) in [5.74, 6) is 0.0386. The summed E-state index contributed by atoms with van der Waals surface area (Å²) in [6.07, 6.45) is 7.86. The quantitative estimate of drug-likeness (QED) is 0.119. The molecule has 3 heterocycles. The van der Waals surface area contributed by atoms with Crippen LogP contribution in [0.5, 0.6) is 0 Å². The summed E-state index contributed by atoms with van der Waals surface area (Å²) in [6.45, 7) is 7.81. The number of amidine groups is 1. The van der Waals surface area contributed by atoms with E-state index >= 15 is 0 Å². The topological polar surface area (TPSA) is 121 Å². The van der Waals surface area contributed by atoms with Gasteiger partial charge in [0, 0.05) is 47.4 Å². The number of hydrogen-bond acceptors (Lipinski definition) is 8. The first-order valence-corrected chi connectivity index (χ1v) is 18.9. The van der Waals surface area contributed by atoms with Crippen molar-refractivity contribution in [3.63, 3.8) is 0 Å². The maximum atomic E-state index is 14.0. The van der Waals surface area contributed by atoms with E-state index in [4.69, 9.17) is 21.3 Å². The first kappa shape index (κ1) is 38.1. The summed E-state index contributed by atoms with van der Waals surface area (Å²) in [5.41, 5.74) is 2.73. The smallest absolute Gasteiger partial charge is 0.338 e. The number of carboxylic acid groups (broad SMARTS) is 1. The molecule has 2 aliphatic rings. The van der Waals surface area contributed by atoms with E-state index < -0.39 is 23.8 Å². The number of likely N-dealkylation sites (tertiary alicyclic amines) is 1. The fourth-order valence-corrected chi connectivity index (χ4v) is 8.02. The van der Waals surface area contributed by atoms with Gasteiger partial charge in [0.2, 0.25) is 5.91 Å². The number of halogens is 2. The number of methoxy groups -OCH3 is 1. The molecule has 1 aromatic heterocycles. The number of aromatic carboxylic acids is 1. The maximum absolute atomic E-state index is 14.0. The third-order valence-electron chi connectivity index (χ3n) is 10.4. The minimum atomic E-state index is -0.960. The van der Waals surface area contributed by atoms with Crippen molar-refractivity contribution in [2.75, 3.05) is 13.7 Å². The van der Waals surface area contributed by atoms with E-state index in [1.807, 2.05) is 10.3 Å². The molecule has 5 atom stereocenters. The van der Waals surface area contributed by atoms with Gasteiger partial charge in [0.05, 0.1) is 18.2 Å². The molecule has 2 aromatic carbocycles. The number of aliphatic imine (C=N–C) groups is 1. The van der Waals surface area contributed by atoms with Crippen LogP contribution in [0.2, 0.25) is 5.02 Å². The van der Waals surface area contributed by atoms with Gasteiger partial charge in [-0.1, -0.05) is 76.3 Å². The predicted molar refractivity (Wildman–Crippen MR) is 197 cm³/mol. The van der Waals surface area contributed by atoms with Crippen LogP contribution < -0.4 is 5.32 Å². The van der Waals surface area contributed by atoms with E-state index in [0.717, 1.165) is 44.2 Å². The lowest BCUT2D eigenvalue weighted by Gasteiger charge is -2.38. The number of ether oxygens (including phenoxy) is 1. The zero-order valence-electron chi connectivity index (χ0n) is 29.5. The molecule has 0 radical (unpaired) electrons. The van der Waals surface area contributed by atoms with Crippen LogP contribution in [0.1, 0.15) is 98.3 Å². The Morgan fingerprint density at radius 3 is 2.55 bits per heavy atom. The maximum Gasteiger partial charge on any atom is 0.338 e. The average molecular weight is 737 g/mol. The highest BCUT2D eigenvalue weighted by Crippen LogP contribution is 2.39. The second kappa shape index (κ2) is 17.4. The molecule has 12 heteroatoms. The van der Waals surface area contributed by atoms with Gasteiger partial charge in [-0.3, -0.25) is 9.79 Å². The monoisotopic (exact) mass is 736 g/mol. The number of amides is 1. The normalized spacial score (nSPS) is 20.4. The highest BCUT2D eigenvalue weighted by Gasteiger charge is 2.35. The zero-order valence-corrected chi connectivity index (χ0v) is 31.1. The summed E-state index contributed by atoms with van der Waals surface area (Å²) in [6, 6.07) is 10.1. The van der Waals surface area contributed by atoms with Gasteiger partial charge in [-0.2, -0.15) is 0 Å². The van der Waals surface area contributed by atoms with Gasteiger partial charge in [-0.25, -0.2) is 19.0 Å². The molecule has 1 amide bonds. The standard InChI is InChI=1S/C39H46ClFN4O5S/c1-5-26-22-45(21-25-10-12-27(13-11-25)38(47)48)33(46)19-28(26)9-7-6-8-23(2)24(3)18-32-34(39(49)50-4)35(30-15-14-29(41)20-31(30)40)44-36(43-32)37-42-16-17-51-37/h10-17,20,23-24,26,28,35H,5-9,18-19,21-22H2,1-4H3,(H,43,44)(H,47,48). The molecule has 0 saturated carbocycles. The average Bonchev–Trinajstić information content (AvgIpc) is 3.66. The second-order valence-electron chi connectivity index (χ2n) is 13.7. The minimum absolute atomic E-state index is 0.157. The van der Waals surface area contributed by atoms with E-state index in [9.17, 15) is 23.9 Å². The molecule has 0 bridgehead atoms. The van der Waals surface area contributed by atoms with E-state index in [2.05, 4.69) is 31.1 Å². The molecule has 51 heavy (non-hydrogen) atoms. The molecule has 1 fully saturated rings. The Morgan fingerprint density at radius 1 is 1.14 bits per heavy atom. The number of nitrogens with zero attached hydrogens (tertiary/aromatic N) is 3. The van der Waals surface area contributed by atoms with Crippen molar-refractivity contribution in [2.45, 2.75) is 78.3 Å². The van der Waals surface area contributed by atoms with Gasteiger partial charge in [0.1, 0.15) is 11.9 Å². The number of carboxylic acids is 1. The molecule has 272 valence electrons. The molecule has 2 aliphatic heterocycles. The van der Waals surface area contributed by atoms with Crippen LogP contribution in [0, 0.1) is 29.5 Å². The number of carbonyl (C=O) groups is 3. The van der Waals surface area contributed by atoms with Gasteiger partial charge in [-0.15, -0.1) is 11.3 Å². The van der Waals surface area contributed by atoms with Crippen LogP contribution in [0.15, 0.2) is 70.3 Å². The van der Waals surface area contributed by atoms with Crippen LogP contribution in [-0.4, -0.2) is 52.3 Å². The van der Waals surface area contributed by atoms with Gasteiger partial charge in [0.15, 0.2) is 10.8 Å². The Labute approximate surface area is 308 Å². The summed E-state index contributed by atoms with van der Waals surface area (Å²) in [4.78, 5) is 48.8. The van der Waals surface area contributed by atoms with Crippen molar-refractivity contribution >= 4 is 46.6 Å². The van der Waals surface area contributed by atoms with Crippen LogP contribution >= 0.6 is 22.9 Å². The van der Waals surface area contributed by atoms with E-state index in [1.54, 1.807) is 36.5 Å². The number of rotatable bonds is 15. The molecule has 3 aromatic rings. The molecule has 5 unspecified atom stereocenters. The number of esters is 1. The van der Waals surface area contributed by atoms with Crippen molar-refractivity contribution in [3.8, 4) is 0 Å². The Balaban J connectivity index is 1.20. The number of allylic oxidation sites excluding steroid dienone is 1. The summed E-state index contributed by atoms with van der Waals surface area (Å²) < 4.78 is 19.2. The van der Waals surface area contributed by atoms with Crippen LogP contribution in [-0.2, 0) is 20.9 Å². The van der Waals surface area contributed by atoms with Crippen molar-refractivity contribution in [2.24, 2.45) is 28.7 Å². The molecular weight excluding hydrogens is 691 g/mol. The largest absolute Gasteiger partial charge is 0.478 e. The molecule has 2 N–H and O–H groups in total. The van der Waals surface area contributed by atoms with Crippen LogP contribution in [0.3, 0.4) is 0 Å². The summed E-state index contributed by atoms with van der Waals surface area (Å²) in [7, 11) is 1.34. The molecule has 1 saturated heterocycles. The summed E-state index contributed by atoms with van der Waals surface area (Å²) in [5, 5.41) is 15.3. The molecule has 5 rings (SSSR count). The fraction of sp³-hybridized carbons (Fsp3) is 0.462. The number of aromatic nitrogens is 1. The SMILES string of the molecule is CCC1CN(Cc2ccc(C(=O)O)cc2)C(=O)CC1CCCCC(C)C(C)CC1=C(C(=O)OC)C(c2ccc(F)cc2Cl)N=C(c2nccs2)N1. The molecule has 9 nitrogen and oxygen atoms in total. The molecule has 0 aliphatic carbocycles. The van der Waals surface area contributed by atoms with Crippen molar-refractivity contribution in [3.05, 3.63) is 97.8 Å². The Morgan fingerprint density at radius 2 is 1.90 bits per heavy atom. The zero-order chi connectivity index (χ0) is 36.7. The third kappa shape index (κ3) is 9.43. The number of unbranched alkanes of at least 4 members (excludes halogenated alkanes) is 1. The predicted octanol–water partition coefficient (Wildman–Crippen LogP) is 8.45. The lowest BCUT2D eigenvalue weighted by atomic mass is 9.79. The van der Waals surface area contributed by atoms with Crippen molar-refractivity contribution in [1.82, 2.24) is 15.2 Å². The third-order valence-corrected chi connectivity index (χ3v) is 11.5. The van der Waals surface area contributed by atoms with Gasteiger partial charge < -0.3 is 20.1 Å². The lowest BCUT2D eigenvalue weighted by molar-refractivity contribution is -0.138. The minimum Gasteiger partial charge on any atom is -0.478 e. The highest BCUT2D eigenvalue weighted by molar-refractivity contribution is 7.11. The number of hydrogen-bond donors (Lipinski definition) is 2. The first-order valence-electron chi connectivity index (χ1n) is 17.6. The number of nitrogens with one attached hydrogen (secondary N) is 1. The first-order chi connectivity index (χ1) is 24.5. The van der Waals surface area contributed by atoms with Crippen molar-refractivity contribution in [1.29, 1.82) is 0 Å². The Hall–Kier alpha value is -4.09. The van der Waals surface area contributed by atoms with Crippen LogP contribution in [0.4, 0.5) is 4.39 Å². The number of thiazole rings is 1. The highest BCUT2D eigenvalue weighted by atomic mass is 35.5.